The Morgan fingerprint density at radius 3 is 1.92 bits per heavy atom. The Bertz CT molecular complexity index is 5550. The number of imidazole rings is 2. The molecule has 1 fully saturated rings. The Kier molecular flexibility index (Phi) is 23.2. The highest BCUT2D eigenvalue weighted by Crippen LogP contribution is 2.49. The van der Waals surface area contributed by atoms with E-state index in [9.17, 15) is 39.8 Å². The van der Waals surface area contributed by atoms with Gasteiger partial charge < -0.3 is 24.8 Å². The summed E-state index contributed by atoms with van der Waals surface area (Å²) in [5, 5.41) is 67.8. The van der Waals surface area contributed by atoms with E-state index in [1.807, 2.05) is 180 Å². The smallest absolute Gasteiger partial charge is 0.320 e. The maximum atomic E-state index is 11.8. The molecular weight excluding hydrogens is 1450 g/mol. The lowest BCUT2D eigenvalue weighted by Crippen LogP contribution is -2.41. The van der Waals surface area contributed by atoms with Crippen molar-refractivity contribution in [2.45, 2.75) is 116 Å². The fraction of sp³-hybridized carbons (Fsp3) is 0.200. The molecule has 6 aromatic heterocycles. The largest absolute Gasteiger partial charge is 0.481 e. The Morgan fingerprint density at radius 2 is 1.29 bits per heavy atom. The Hall–Kier alpha value is -9.87. The van der Waals surface area contributed by atoms with Crippen LogP contribution in [-0.4, -0.2) is 92.1 Å². The van der Waals surface area contributed by atoms with E-state index >= 15 is 0 Å². The van der Waals surface area contributed by atoms with Gasteiger partial charge in [-0.1, -0.05) is 113 Å². The molecule has 13 aromatic rings. The molecule has 0 bridgehead atoms. The van der Waals surface area contributed by atoms with E-state index in [1.165, 1.54) is 35.3 Å². The number of rotatable bonds is 18. The number of aliphatic carboxylic acids is 4. The number of hydrogen-bond donors (Lipinski definition) is 4. The molecule has 24 heteroatoms. The van der Waals surface area contributed by atoms with Crippen LogP contribution in [0.1, 0.15) is 98.4 Å². The minimum absolute atomic E-state index is 0.102. The van der Waals surface area contributed by atoms with Crippen LogP contribution < -0.4 is 0 Å². The molecule has 17 nitrogen and oxygen atoms in total. The number of nitrogens with zero attached hydrogens (tertiary/aromatic N) is 9. The SMILES string of the molecule is CC(C)(Sc1ccc2nccn2c1-c1ccc(C#N)cc1)C(=O)O.Cc1nc(Cc2c(Cl)cccc2Cl)n2cc(CCC(=O)O)ccc12.Cc1nn(Cc2c(Cl)cccc2Cl)c2cc(SC(C)(C)C(=O)O)ccc12.N#Cc1ccc(-c2cncc3ccc(SC4(C(=O)O)CCC4)cc23)c2ccccc12. The number of nitriles is 2. The van der Waals surface area contributed by atoms with Crippen molar-refractivity contribution in [3.63, 3.8) is 0 Å². The average Bonchev–Trinajstić information content (AvgIpc) is 1.07. The van der Waals surface area contributed by atoms with Gasteiger partial charge in [0.2, 0.25) is 0 Å². The van der Waals surface area contributed by atoms with Crippen molar-refractivity contribution in [3.8, 4) is 34.5 Å². The van der Waals surface area contributed by atoms with Crippen molar-refractivity contribution in [2.75, 3.05) is 0 Å². The number of thioether (sulfide) groups is 3. The van der Waals surface area contributed by atoms with Crippen molar-refractivity contribution >= 4 is 149 Å². The number of aryl methyl sites for hydroxylation is 3. The van der Waals surface area contributed by atoms with Gasteiger partial charge in [0, 0.05) is 106 Å². The first kappa shape index (κ1) is 75.3. The van der Waals surface area contributed by atoms with E-state index in [0.717, 1.165) is 121 Å². The lowest BCUT2D eigenvalue weighted by Gasteiger charge is -2.36. The van der Waals surface area contributed by atoms with Crippen molar-refractivity contribution < 1.29 is 39.6 Å². The van der Waals surface area contributed by atoms with E-state index < -0.39 is 38.1 Å². The Morgan fingerprint density at radius 1 is 0.625 bits per heavy atom. The molecule has 7 aromatic carbocycles. The molecule has 0 radical (unpaired) electrons. The van der Waals surface area contributed by atoms with Crippen LogP contribution in [0.2, 0.25) is 20.1 Å². The van der Waals surface area contributed by atoms with E-state index in [4.69, 9.17) is 56.8 Å². The Labute approximate surface area is 632 Å². The van der Waals surface area contributed by atoms with Crippen LogP contribution in [0.5, 0.6) is 0 Å². The zero-order valence-electron chi connectivity index (χ0n) is 57.0. The third-order valence-corrected chi connectivity index (χ3v) is 23.1. The van der Waals surface area contributed by atoms with E-state index in [2.05, 4.69) is 38.3 Å². The summed E-state index contributed by atoms with van der Waals surface area (Å²) in [6.07, 6.45) is 12.6. The van der Waals surface area contributed by atoms with E-state index in [-0.39, 0.29) is 6.42 Å². The summed E-state index contributed by atoms with van der Waals surface area (Å²) in [4.78, 5) is 61.5. The van der Waals surface area contributed by atoms with Gasteiger partial charge in [0.15, 0.2) is 0 Å². The van der Waals surface area contributed by atoms with Crippen LogP contribution in [-0.2, 0) is 38.6 Å². The number of carbonyl (C=O) groups is 4. The summed E-state index contributed by atoms with van der Waals surface area (Å²) in [7, 11) is 0. The van der Waals surface area contributed by atoms with Crippen LogP contribution in [0, 0.1) is 36.5 Å². The predicted octanol–water partition coefficient (Wildman–Crippen LogP) is 20.1. The van der Waals surface area contributed by atoms with Crippen LogP contribution in [0.4, 0.5) is 0 Å². The number of carboxylic acids is 4. The lowest BCUT2D eigenvalue weighted by atomic mass is 9.84. The van der Waals surface area contributed by atoms with Gasteiger partial charge in [-0.15, -0.1) is 35.3 Å². The minimum atomic E-state index is -0.963. The van der Waals surface area contributed by atoms with Crippen molar-refractivity contribution in [1.29, 1.82) is 10.5 Å². The molecule has 0 saturated heterocycles. The molecule has 4 N–H and O–H groups in total. The first-order valence-corrected chi connectivity index (χ1v) is 36.7. The molecule has 1 aliphatic carbocycles. The third-order valence-electron chi connectivity index (χ3n) is 17.8. The molecule has 1 saturated carbocycles. The Balaban J connectivity index is 0.000000140. The molecule has 0 spiro atoms. The second-order valence-electron chi connectivity index (χ2n) is 25.7. The highest BCUT2D eigenvalue weighted by atomic mass is 35.5. The number of aromatic nitrogens is 7. The van der Waals surface area contributed by atoms with Gasteiger partial charge in [-0.3, -0.25) is 33.2 Å². The van der Waals surface area contributed by atoms with Gasteiger partial charge in [-0.2, -0.15) is 15.6 Å². The topological polar surface area (TPSA) is 262 Å². The second-order valence-corrected chi connectivity index (χ2v) is 32.1. The number of fused-ring (bicyclic) bond motifs is 5. The first-order chi connectivity index (χ1) is 49.7. The highest BCUT2D eigenvalue weighted by molar-refractivity contribution is 8.02. The zero-order chi connectivity index (χ0) is 74.4. The summed E-state index contributed by atoms with van der Waals surface area (Å²) >= 11 is 29.2. The normalized spacial score (nSPS) is 12.5. The summed E-state index contributed by atoms with van der Waals surface area (Å²) in [6.45, 7) is 11.1. The van der Waals surface area contributed by atoms with Gasteiger partial charge in [-0.05, 0) is 191 Å². The molecule has 0 atom stereocenters. The van der Waals surface area contributed by atoms with Crippen LogP contribution in [0.3, 0.4) is 0 Å². The quantitative estimate of drug-likeness (QED) is 0.0582. The minimum Gasteiger partial charge on any atom is -0.481 e. The highest BCUT2D eigenvalue weighted by Gasteiger charge is 2.45. The summed E-state index contributed by atoms with van der Waals surface area (Å²) in [6, 6.07) is 53.8. The predicted molar refractivity (Wildman–Crippen MR) is 415 cm³/mol. The van der Waals surface area contributed by atoms with Crippen LogP contribution in [0.15, 0.2) is 203 Å². The monoisotopic (exact) mass is 1520 g/mol. The molecule has 526 valence electrons. The molecule has 0 amide bonds. The zero-order valence-corrected chi connectivity index (χ0v) is 62.5. The fourth-order valence-electron chi connectivity index (χ4n) is 11.9. The van der Waals surface area contributed by atoms with Gasteiger partial charge in [0.1, 0.15) is 25.7 Å². The first-order valence-electron chi connectivity index (χ1n) is 32.7. The van der Waals surface area contributed by atoms with Crippen LogP contribution in [0.25, 0.3) is 66.0 Å². The second kappa shape index (κ2) is 32.0. The van der Waals surface area contributed by atoms with Gasteiger partial charge >= 0.3 is 23.9 Å². The number of hydrogen-bond acceptors (Lipinski definition) is 13. The maximum Gasteiger partial charge on any atom is 0.320 e. The van der Waals surface area contributed by atoms with Crippen molar-refractivity contribution in [3.05, 3.63) is 254 Å². The molecular formula is C80H67Cl4N9O8S3. The van der Waals surface area contributed by atoms with Gasteiger partial charge in [0.05, 0.1) is 57.9 Å². The van der Waals surface area contributed by atoms with E-state index in [0.29, 0.717) is 63.4 Å². The van der Waals surface area contributed by atoms with Gasteiger partial charge in [0.25, 0.3) is 0 Å². The molecule has 104 heavy (non-hydrogen) atoms. The third kappa shape index (κ3) is 16.7. The average molecular weight is 1520 g/mol. The lowest BCUT2D eigenvalue weighted by molar-refractivity contribution is -0.142. The molecule has 14 rings (SSSR count). The number of halogens is 4. The van der Waals surface area contributed by atoms with Crippen LogP contribution >= 0.6 is 81.7 Å². The fourth-order valence-corrected chi connectivity index (χ4v) is 16.4. The standard InChI is InChI=1S/C25H18N2O2S.C19H18Cl2N2O2S.C18H16Cl2N2O2.C18H15N3O2S/c26-13-16-7-9-21(20-5-2-1-4-19(16)20)23-15-27-14-17-6-8-18(12-22(17)23)30-25(24(28)29)10-3-11-25;1-11-13-8-7-12(26-19(2,3)18(24)25)9-17(13)23(22-11)10-14-15(20)5-4-6-16(14)21;1-11-16-7-5-12(6-8-18(23)24)10-22(16)17(21-11)9-13-14(19)3-2-4-15(13)20;1-18(2,17(22)23)24-14-7-8-15-20-9-10-21(15)16(14)13-5-3-12(11-19)4-6-13/h1-2,4-9,12,14-15H,3,10-11H2,(H,28,29);4-9H,10H2,1-3H3,(H,24,25);2-5,7,10H,6,8-9H2,1H3,(H,23,24);3-10H,1-2H3,(H,22,23). The molecule has 1 aliphatic rings. The number of pyridine rings is 3. The van der Waals surface area contributed by atoms with E-state index in [1.54, 1.807) is 58.2 Å². The molecule has 6 heterocycles. The number of carboxylic acid groups (broad SMARTS) is 4. The van der Waals surface area contributed by atoms with Crippen molar-refractivity contribution in [1.82, 2.24) is 33.5 Å². The number of benzene rings is 7. The van der Waals surface area contributed by atoms with Gasteiger partial charge in [-0.25, -0.2) is 9.97 Å². The summed E-state index contributed by atoms with van der Waals surface area (Å²) in [5.74, 6) is -2.43. The molecule has 0 unspecified atom stereocenters. The van der Waals surface area contributed by atoms with Crippen molar-refractivity contribution in [2.24, 2.45) is 0 Å². The molecule has 0 aliphatic heterocycles. The summed E-state index contributed by atoms with van der Waals surface area (Å²) < 4.78 is 3.20. The maximum absolute atomic E-state index is 11.8. The summed E-state index contributed by atoms with van der Waals surface area (Å²) in [5.41, 5.74) is 12.1.